The van der Waals surface area contributed by atoms with Gasteiger partial charge in [0.1, 0.15) is 0 Å². The molecule has 0 fully saturated rings. The third-order valence-electron chi connectivity index (χ3n) is 2.55. The Hall–Kier alpha value is -1.45. The third kappa shape index (κ3) is 2.78. The standard InChI is InChI=1S/C12H15F2NO/c1-7(2)8(3)15-12(16)9-5-4-6-10(13)11(9)14/h4-8H,1-3H3,(H,15,16). The van der Waals surface area contributed by atoms with Crippen LogP contribution in [0.3, 0.4) is 0 Å². The van der Waals surface area contributed by atoms with Gasteiger partial charge in [0.25, 0.3) is 5.91 Å². The van der Waals surface area contributed by atoms with Gasteiger partial charge in [0.15, 0.2) is 11.6 Å². The van der Waals surface area contributed by atoms with E-state index in [1.54, 1.807) is 0 Å². The Bertz CT molecular complexity index is 391. The van der Waals surface area contributed by atoms with Crippen LogP contribution in [0.25, 0.3) is 0 Å². The molecule has 1 rings (SSSR count). The summed E-state index contributed by atoms with van der Waals surface area (Å²) < 4.78 is 26.1. The summed E-state index contributed by atoms with van der Waals surface area (Å²) in [7, 11) is 0. The highest BCUT2D eigenvalue weighted by Crippen LogP contribution is 2.12. The molecule has 1 atom stereocenters. The molecule has 1 aromatic carbocycles. The molecule has 0 radical (unpaired) electrons. The van der Waals surface area contributed by atoms with Crippen LogP contribution in [0.4, 0.5) is 8.78 Å². The molecule has 88 valence electrons. The molecule has 2 nitrogen and oxygen atoms in total. The van der Waals surface area contributed by atoms with Gasteiger partial charge in [-0.15, -0.1) is 0 Å². The monoisotopic (exact) mass is 227 g/mol. The van der Waals surface area contributed by atoms with E-state index in [1.165, 1.54) is 12.1 Å². The molecular weight excluding hydrogens is 212 g/mol. The number of amides is 1. The van der Waals surface area contributed by atoms with Gasteiger partial charge in [0.05, 0.1) is 5.56 Å². The van der Waals surface area contributed by atoms with Gasteiger partial charge in [-0.05, 0) is 25.0 Å². The molecule has 1 amide bonds. The number of benzene rings is 1. The zero-order chi connectivity index (χ0) is 12.3. The van der Waals surface area contributed by atoms with Crippen LogP contribution in [0.2, 0.25) is 0 Å². The Labute approximate surface area is 93.7 Å². The summed E-state index contributed by atoms with van der Waals surface area (Å²) in [5, 5.41) is 2.62. The molecule has 0 aromatic heterocycles. The van der Waals surface area contributed by atoms with Crippen molar-refractivity contribution in [1.82, 2.24) is 5.32 Å². The molecule has 1 aromatic rings. The first-order chi connectivity index (χ1) is 7.43. The first kappa shape index (κ1) is 12.6. The summed E-state index contributed by atoms with van der Waals surface area (Å²) in [6.45, 7) is 5.69. The highest BCUT2D eigenvalue weighted by atomic mass is 19.2. The van der Waals surface area contributed by atoms with Gasteiger partial charge >= 0.3 is 0 Å². The molecular formula is C12H15F2NO. The fraction of sp³-hybridized carbons (Fsp3) is 0.417. The van der Waals surface area contributed by atoms with Crippen LogP contribution in [0.1, 0.15) is 31.1 Å². The van der Waals surface area contributed by atoms with Crippen LogP contribution in [-0.4, -0.2) is 11.9 Å². The molecule has 0 aliphatic heterocycles. The van der Waals surface area contributed by atoms with Crippen molar-refractivity contribution in [2.75, 3.05) is 0 Å². The second kappa shape index (κ2) is 5.05. The maximum Gasteiger partial charge on any atom is 0.254 e. The predicted octanol–water partition coefficient (Wildman–Crippen LogP) is 2.74. The van der Waals surface area contributed by atoms with E-state index in [0.717, 1.165) is 6.07 Å². The van der Waals surface area contributed by atoms with Crippen molar-refractivity contribution in [3.05, 3.63) is 35.4 Å². The van der Waals surface area contributed by atoms with Crippen molar-refractivity contribution in [1.29, 1.82) is 0 Å². The average Bonchev–Trinajstić information content (AvgIpc) is 2.21. The van der Waals surface area contributed by atoms with E-state index in [-0.39, 0.29) is 17.5 Å². The fourth-order valence-electron chi connectivity index (χ4n) is 1.13. The summed E-state index contributed by atoms with van der Waals surface area (Å²) in [5.74, 6) is -2.46. The average molecular weight is 227 g/mol. The lowest BCUT2D eigenvalue weighted by atomic mass is 10.1. The number of carbonyl (C=O) groups excluding carboxylic acids is 1. The molecule has 16 heavy (non-hydrogen) atoms. The minimum absolute atomic E-state index is 0.0878. The minimum Gasteiger partial charge on any atom is -0.349 e. The Morgan fingerprint density at radius 1 is 1.25 bits per heavy atom. The maximum absolute atomic E-state index is 13.3. The lowest BCUT2D eigenvalue weighted by molar-refractivity contribution is 0.0925. The summed E-state index contributed by atoms with van der Waals surface area (Å²) >= 11 is 0. The molecule has 1 unspecified atom stereocenters. The van der Waals surface area contributed by atoms with Crippen molar-refractivity contribution < 1.29 is 13.6 Å². The zero-order valence-electron chi connectivity index (χ0n) is 9.55. The van der Waals surface area contributed by atoms with E-state index in [0.29, 0.717) is 0 Å². The van der Waals surface area contributed by atoms with Gasteiger partial charge in [-0.3, -0.25) is 4.79 Å². The molecule has 0 bridgehead atoms. The molecule has 0 aliphatic carbocycles. The highest BCUT2D eigenvalue weighted by molar-refractivity contribution is 5.94. The molecule has 0 spiro atoms. The van der Waals surface area contributed by atoms with E-state index in [2.05, 4.69) is 5.32 Å². The van der Waals surface area contributed by atoms with Crippen molar-refractivity contribution in [2.24, 2.45) is 5.92 Å². The molecule has 0 heterocycles. The van der Waals surface area contributed by atoms with E-state index in [1.807, 2.05) is 20.8 Å². The molecule has 0 saturated heterocycles. The zero-order valence-corrected chi connectivity index (χ0v) is 9.55. The number of hydrogen-bond donors (Lipinski definition) is 1. The van der Waals surface area contributed by atoms with Crippen molar-refractivity contribution in [3.63, 3.8) is 0 Å². The van der Waals surface area contributed by atoms with Crippen LogP contribution in [-0.2, 0) is 0 Å². The van der Waals surface area contributed by atoms with Crippen molar-refractivity contribution in [3.8, 4) is 0 Å². The topological polar surface area (TPSA) is 29.1 Å². The number of nitrogens with one attached hydrogen (secondary N) is 1. The summed E-state index contributed by atoms with van der Waals surface area (Å²) in [4.78, 5) is 11.6. The van der Waals surface area contributed by atoms with Crippen molar-refractivity contribution >= 4 is 5.91 Å². The molecule has 4 heteroatoms. The Balaban J connectivity index is 2.85. The highest BCUT2D eigenvalue weighted by Gasteiger charge is 2.17. The van der Waals surface area contributed by atoms with Gasteiger partial charge < -0.3 is 5.32 Å². The summed E-state index contributed by atoms with van der Waals surface area (Å²) in [6.07, 6.45) is 0. The van der Waals surface area contributed by atoms with E-state index >= 15 is 0 Å². The second-order valence-electron chi connectivity index (χ2n) is 4.11. The lowest BCUT2D eigenvalue weighted by Crippen LogP contribution is -2.36. The van der Waals surface area contributed by atoms with Crippen LogP contribution >= 0.6 is 0 Å². The number of halogens is 2. The van der Waals surface area contributed by atoms with E-state index in [4.69, 9.17) is 0 Å². The summed E-state index contributed by atoms with van der Waals surface area (Å²) in [6, 6.07) is 3.47. The van der Waals surface area contributed by atoms with Gasteiger partial charge in [0, 0.05) is 6.04 Å². The fourth-order valence-corrected chi connectivity index (χ4v) is 1.13. The lowest BCUT2D eigenvalue weighted by Gasteiger charge is -2.17. The van der Waals surface area contributed by atoms with Crippen LogP contribution < -0.4 is 5.32 Å². The van der Waals surface area contributed by atoms with Crippen LogP contribution in [0.5, 0.6) is 0 Å². The van der Waals surface area contributed by atoms with Crippen LogP contribution in [0, 0.1) is 17.6 Å². The Morgan fingerprint density at radius 3 is 2.44 bits per heavy atom. The molecule has 0 aliphatic rings. The van der Waals surface area contributed by atoms with Gasteiger partial charge in [0.2, 0.25) is 0 Å². The maximum atomic E-state index is 13.3. The van der Waals surface area contributed by atoms with E-state index in [9.17, 15) is 13.6 Å². The van der Waals surface area contributed by atoms with Gasteiger partial charge in [-0.1, -0.05) is 19.9 Å². The van der Waals surface area contributed by atoms with Crippen molar-refractivity contribution in [2.45, 2.75) is 26.8 Å². The van der Waals surface area contributed by atoms with Crippen LogP contribution in [0.15, 0.2) is 18.2 Å². The predicted molar refractivity (Wildman–Crippen MR) is 58.1 cm³/mol. The molecule has 1 N–H and O–H groups in total. The largest absolute Gasteiger partial charge is 0.349 e. The van der Waals surface area contributed by atoms with E-state index < -0.39 is 17.5 Å². The Morgan fingerprint density at radius 2 is 1.88 bits per heavy atom. The van der Waals surface area contributed by atoms with Gasteiger partial charge in [-0.25, -0.2) is 8.78 Å². The normalized spacial score (nSPS) is 12.6. The minimum atomic E-state index is -1.10. The third-order valence-corrected chi connectivity index (χ3v) is 2.55. The quantitative estimate of drug-likeness (QED) is 0.845. The molecule has 0 saturated carbocycles. The Kier molecular flexibility index (Phi) is 3.99. The number of rotatable bonds is 3. The second-order valence-corrected chi connectivity index (χ2v) is 4.11. The number of carbonyl (C=O) groups is 1. The smallest absolute Gasteiger partial charge is 0.254 e. The number of hydrogen-bond acceptors (Lipinski definition) is 1. The SMILES string of the molecule is CC(C)C(C)NC(=O)c1cccc(F)c1F. The van der Waals surface area contributed by atoms with Gasteiger partial charge in [-0.2, -0.15) is 0 Å². The first-order valence-corrected chi connectivity index (χ1v) is 5.18. The summed E-state index contributed by atoms with van der Waals surface area (Å²) in [5.41, 5.74) is -0.257. The first-order valence-electron chi connectivity index (χ1n) is 5.18.